The minimum atomic E-state index is 0.531. The maximum absolute atomic E-state index is 4.56. The van der Waals surface area contributed by atoms with Gasteiger partial charge in [-0.25, -0.2) is 9.97 Å². The Kier molecular flexibility index (Phi) is 3.37. The number of aromatic nitrogens is 2. The van der Waals surface area contributed by atoms with Gasteiger partial charge in [0, 0.05) is 22.9 Å². The molecule has 2 atom stereocenters. The van der Waals surface area contributed by atoms with E-state index in [2.05, 4.69) is 21.5 Å². The zero-order valence-corrected chi connectivity index (χ0v) is 11.3. The van der Waals surface area contributed by atoms with Gasteiger partial charge in [0.1, 0.15) is 0 Å². The molecular weight excluding hydrogens is 242 g/mol. The smallest absolute Gasteiger partial charge is 0.223 e. The largest absolute Gasteiger partial charge is 0.351 e. The molecule has 1 aromatic heterocycles. The van der Waals surface area contributed by atoms with Crippen molar-refractivity contribution in [2.75, 3.05) is 11.6 Å². The van der Waals surface area contributed by atoms with Gasteiger partial charge in [0.25, 0.3) is 0 Å². The van der Waals surface area contributed by atoms with Gasteiger partial charge in [-0.05, 0) is 31.6 Å². The first-order chi connectivity index (χ1) is 8.85. The van der Waals surface area contributed by atoms with Crippen LogP contribution in [0.25, 0.3) is 10.9 Å². The molecule has 1 N–H and O–H groups in total. The van der Waals surface area contributed by atoms with Crippen LogP contribution in [0.1, 0.15) is 19.3 Å². The molecule has 18 heavy (non-hydrogen) atoms. The molecule has 0 radical (unpaired) electrons. The summed E-state index contributed by atoms with van der Waals surface area (Å²) >= 11 is 1.97. The summed E-state index contributed by atoms with van der Waals surface area (Å²) in [4.78, 5) is 8.95. The van der Waals surface area contributed by atoms with Gasteiger partial charge in [-0.3, -0.25) is 0 Å². The van der Waals surface area contributed by atoms with Gasteiger partial charge in [-0.2, -0.15) is 11.8 Å². The fourth-order valence-electron chi connectivity index (χ4n) is 2.51. The first-order valence-corrected chi connectivity index (χ1v) is 7.65. The Hall–Kier alpha value is -1.29. The topological polar surface area (TPSA) is 37.8 Å². The van der Waals surface area contributed by atoms with Crippen LogP contribution in [0.2, 0.25) is 0 Å². The van der Waals surface area contributed by atoms with Crippen LogP contribution in [0.5, 0.6) is 0 Å². The lowest BCUT2D eigenvalue weighted by molar-refractivity contribution is 0.747. The number of thioether (sulfide) groups is 1. The molecule has 2 unspecified atom stereocenters. The zero-order valence-electron chi connectivity index (χ0n) is 10.5. The summed E-state index contributed by atoms with van der Waals surface area (Å²) < 4.78 is 0. The molecule has 1 aliphatic carbocycles. The molecule has 0 spiro atoms. The van der Waals surface area contributed by atoms with E-state index in [1.165, 1.54) is 19.3 Å². The molecule has 0 aliphatic heterocycles. The average molecular weight is 259 g/mol. The summed E-state index contributed by atoms with van der Waals surface area (Å²) in [5.74, 6) is 0.764. The fraction of sp³-hybridized carbons (Fsp3) is 0.429. The van der Waals surface area contributed by atoms with Gasteiger partial charge in [-0.15, -0.1) is 0 Å². The lowest BCUT2D eigenvalue weighted by Crippen LogP contribution is -2.17. The van der Waals surface area contributed by atoms with Gasteiger partial charge in [-0.1, -0.05) is 18.2 Å². The van der Waals surface area contributed by atoms with Crippen LogP contribution in [0.3, 0.4) is 0 Å². The van der Waals surface area contributed by atoms with Crippen LogP contribution in [-0.2, 0) is 0 Å². The van der Waals surface area contributed by atoms with E-state index in [-0.39, 0.29) is 0 Å². The van der Waals surface area contributed by atoms with Crippen LogP contribution in [0.15, 0.2) is 30.5 Å². The van der Waals surface area contributed by atoms with Gasteiger partial charge in [0.05, 0.1) is 5.52 Å². The van der Waals surface area contributed by atoms with Crippen LogP contribution in [0.4, 0.5) is 5.95 Å². The third kappa shape index (κ3) is 2.43. The van der Waals surface area contributed by atoms with Crippen LogP contribution >= 0.6 is 11.8 Å². The molecule has 3 rings (SSSR count). The molecule has 0 amide bonds. The third-order valence-electron chi connectivity index (χ3n) is 3.54. The number of anilines is 1. The molecule has 1 aliphatic rings. The number of hydrogen-bond acceptors (Lipinski definition) is 4. The molecule has 1 fully saturated rings. The molecular formula is C14H17N3S. The van der Waals surface area contributed by atoms with Gasteiger partial charge in [0.2, 0.25) is 5.95 Å². The van der Waals surface area contributed by atoms with Crippen molar-refractivity contribution in [2.45, 2.75) is 30.6 Å². The molecule has 94 valence electrons. The quantitative estimate of drug-likeness (QED) is 0.917. The number of nitrogens with one attached hydrogen (secondary N) is 1. The summed E-state index contributed by atoms with van der Waals surface area (Å²) in [6, 6.07) is 8.63. The van der Waals surface area contributed by atoms with Crippen molar-refractivity contribution < 1.29 is 0 Å². The van der Waals surface area contributed by atoms with E-state index in [1.54, 1.807) is 0 Å². The third-order valence-corrected chi connectivity index (χ3v) is 4.63. The predicted octanol–water partition coefficient (Wildman–Crippen LogP) is 3.33. The number of fused-ring (bicyclic) bond motifs is 1. The van der Waals surface area contributed by atoms with Crippen molar-refractivity contribution in [2.24, 2.45) is 0 Å². The molecule has 1 aromatic carbocycles. The Bertz CT molecular complexity index is 543. The van der Waals surface area contributed by atoms with Crippen molar-refractivity contribution >= 4 is 28.6 Å². The average Bonchev–Trinajstić information content (AvgIpc) is 2.86. The van der Waals surface area contributed by atoms with Gasteiger partial charge < -0.3 is 5.32 Å². The second-order valence-electron chi connectivity index (χ2n) is 4.76. The Balaban J connectivity index is 1.75. The Morgan fingerprint density at radius 3 is 3.00 bits per heavy atom. The first kappa shape index (κ1) is 11.8. The van der Waals surface area contributed by atoms with E-state index in [4.69, 9.17) is 0 Å². The fourth-order valence-corrected chi connectivity index (χ4v) is 3.31. The second-order valence-corrected chi connectivity index (χ2v) is 5.90. The summed E-state index contributed by atoms with van der Waals surface area (Å²) in [6.07, 6.45) is 7.83. The summed E-state index contributed by atoms with van der Waals surface area (Å²) in [7, 11) is 0. The minimum absolute atomic E-state index is 0.531. The van der Waals surface area contributed by atoms with Crippen LogP contribution < -0.4 is 5.32 Å². The molecule has 1 saturated carbocycles. The van der Waals surface area contributed by atoms with Gasteiger partial charge in [0.15, 0.2) is 0 Å². The zero-order chi connectivity index (χ0) is 12.4. The molecule has 0 saturated heterocycles. The lowest BCUT2D eigenvalue weighted by Gasteiger charge is -2.12. The van der Waals surface area contributed by atoms with Crippen LogP contribution in [-0.4, -0.2) is 27.5 Å². The Labute approximate surface area is 111 Å². The van der Waals surface area contributed by atoms with E-state index in [0.29, 0.717) is 6.04 Å². The number of nitrogens with zero attached hydrogens (tertiary/aromatic N) is 2. The van der Waals surface area contributed by atoms with Crippen LogP contribution in [0, 0.1) is 0 Å². The highest BCUT2D eigenvalue weighted by atomic mass is 32.2. The van der Waals surface area contributed by atoms with E-state index >= 15 is 0 Å². The molecule has 0 bridgehead atoms. The van der Waals surface area contributed by atoms with Crippen molar-refractivity contribution in [1.82, 2.24) is 9.97 Å². The minimum Gasteiger partial charge on any atom is -0.351 e. The molecule has 1 heterocycles. The van der Waals surface area contributed by atoms with Crippen molar-refractivity contribution in [3.05, 3.63) is 30.5 Å². The van der Waals surface area contributed by atoms with E-state index in [9.17, 15) is 0 Å². The summed E-state index contributed by atoms with van der Waals surface area (Å²) in [6.45, 7) is 0. The highest BCUT2D eigenvalue weighted by Gasteiger charge is 2.24. The van der Waals surface area contributed by atoms with Crippen molar-refractivity contribution in [3.8, 4) is 0 Å². The Morgan fingerprint density at radius 1 is 1.28 bits per heavy atom. The van der Waals surface area contributed by atoms with E-state index < -0.39 is 0 Å². The van der Waals surface area contributed by atoms with Crippen molar-refractivity contribution in [3.63, 3.8) is 0 Å². The standard InChI is InChI=1S/C14H17N3S/c1-18-12-7-6-11(8-12)16-14-15-9-10-4-2-3-5-13(10)17-14/h2-5,9,11-12H,6-8H2,1H3,(H,15,16,17). The Morgan fingerprint density at radius 2 is 2.17 bits per heavy atom. The monoisotopic (exact) mass is 259 g/mol. The number of para-hydroxylation sites is 1. The van der Waals surface area contributed by atoms with Gasteiger partial charge >= 0.3 is 0 Å². The maximum atomic E-state index is 4.56. The molecule has 2 aromatic rings. The number of benzene rings is 1. The summed E-state index contributed by atoms with van der Waals surface area (Å²) in [5, 5.41) is 5.35. The molecule has 3 nitrogen and oxygen atoms in total. The molecule has 4 heteroatoms. The highest BCUT2D eigenvalue weighted by molar-refractivity contribution is 7.99. The summed E-state index contributed by atoms with van der Waals surface area (Å²) in [5.41, 5.74) is 1.01. The SMILES string of the molecule is CSC1CCC(Nc2ncc3ccccc3n2)C1. The lowest BCUT2D eigenvalue weighted by atomic mass is 10.2. The highest BCUT2D eigenvalue weighted by Crippen LogP contribution is 2.29. The number of rotatable bonds is 3. The van der Waals surface area contributed by atoms with E-state index in [0.717, 1.165) is 22.1 Å². The van der Waals surface area contributed by atoms with E-state index in [1.807, 2.05) is 42.2 Å². The normalized spacial score (nSPS) is 23.4. The second kappa shape index (κ2) is 5.14. The predicted molar refractivity (Wildman–Crippen MR) is 78.1 cm³/mol. The number of hydrogen-bond donors (Lipinski definition) is 1. The maximum Gasteiger partial charge on any atom is 0.223 e. The first-order valence-electron chi connectivity index (χ1n) is 6.36. The van der Waals surface area contributed by atoms with Crippen molar-refractivity contribution in [1.29, 1.82) is 0 Å².